The maximum Gasteiger partial charge on any atom is 0.410 e. The molecule has 1 heterocycles. The van der Waals surface area contributed by atoms with Gasteiger partial charge in [0, 0.05) is 12.3 Å². The Balaban J connectivity index is 2.18. The summed E-state index contributed by atoms with van der Waals surface area (Å²) in [7, 11) is 0. The van der Waals surface area contributed by atoms with Gasteiger partial charge < -0.3 is 9.47 Å². The van der Waals surface area contributed by atoms with E-state index in [2.05, 4.69) is 0 Å². The Morgan fingerprint density at radius 3 is 2.64 bits per heavy atom. The molecule has 2 fully saturated rings. The predicted octanol–water partition coefficient (Wildman–Crippen LogP) is 3.16. The summed E-state index contributed by atoms with van der Waals surface area (Å²) in [5.41, 5.74) is -0.535. The molecule has 0 aromatic rings. The SMILES string of the molecule is CC1COCC(C2CCCCCC2=O)N1C(=O)OC(C)(C)C. The Labute approximate surface area is 133 Å². The van der Waals surface area contributed by atoms with E-state index < -0.39 is 5.60 Å². The minimum atomic E-state index is -0.535. The van der Waals surface area contributed by atoms with Crippen molar-refractivity contribution in [1.82, 2.24) is 4.90 Å². The lowest BCUT2D eigenvalue weighted by Crippen LogP contribution is -2.58. The zero-order chi connectivity index (χ0) is 16.3. The Morgan fingerprint density at radius 1 is 1.23 bits per heavy atom. The molecule has 5 nitrogen and oxygen atoms in total. The number of ketones is 1. The molecule has 0 spiro atoms. The van der Waals surface area contributed by atoms with E-state index in [1.807, 2.05) is 27.7 Å². The Kier molecular flexibility index (Phi) is 5.48. The number of carbonyl (C=O) groups is 2. The van der Waals surface area contributed by atoms with Gasteiger partial charge in [0.05, 0.1) is 25.3 Å². The lowest BCUT2D eigenvalue weighted by molar-refractivity contribution is -0.129. The largest absolute Gasteiger partial charge is 0.444 e. The molecule has 126 valence electrons. The standard InChI is InChI=1S/C17H29NO4/c1-12-10-21-11-14(13-8-6-5-7-9-15(13)19)18(12)16(20)22-17(2,3)4/h12-14H,5-11H2,1-4H3. The molecule has 1 aliphatic carbocycles. The van der Waals surface area contributed by atoms with Crippen LogP contribution in [0.2, 0.25) is 0 Å². The highest BCUT2D eigenvalue weighted by Gasteiger charge is 2.42. The molecule has 0 N–H and O–H groups in total. The minimum Gasteiger partial charge on any atom is -0.444 e. The van der Waals surface area contributed by atoms with Crippen molar-refractivity contribution in [3.8, 4) is 0 Å². The zero-order valence-corrected chi connectivity index (χ0v) is 14.3. The number of hydrogen-bond acceptors (Lipinski definition) is 4. The zero-order valence-electron chi connectivity index (χ0n) is 14.3. The summed E-state index contributed by atoms with van der Waals surface area (Å²) in [6.45, 7) is 8.47. The van der Waals surface area contributed by atoms with Crippen LogP contribution in [0.15, 0.2) is 0 Å². The van der Waals surface area contributed by atoms with E-state index in [0.717, 1.165) is 25.7 Å². The fourth-order valence-corrected chi connectivity index (χ4v) is 3.38. The molecule has 3 unspecified atom stereocenters. The van der Waals surface area contributed by atoms with Crippen LogP contribution in [0.1, 0.15) is 59.8 Å². The average molecular weight is 311 g/mol. The van der Waals surface area contributed by atoms with Crippen LogP contribution in [-0.4, -0.2) is 47.7 Å². The predicted molar refractivity (Wildman–Crippen MR) is 83.7 cm³/mol. The third-order valence-electron chi connectivity index (χ3n) is 4.40. The van der Waals surface area contributed by atoms with Gasteiger partial charge in [0.25, 0.3) is 0 Å². The molecule has 3 atom stereocenters. The van der Waals surface area contributed by atoms with Crippen molar-refractivity contribution in [2.45, 2.75) is 77.5 Å². The summed E-state index contributed by atoms with van der Waals surface area (Å²) in [6, 6.07) is -0.256. The molecule has 1 aliphatic heterocycles. The quantitative estimate of drug-likeness (QED) is 0.698. The van der Waals surface area contributed by atoms with Crippen molar-refractivity contribution in [2.24, 2.45) is 5.92 Å². The van der Waals surface area contributed by atoms with Crippen molar-refractivity contribution in [3.05, 3.63) is 0 Å². The molecular weight excluding hydrogens is 282 g/mol. The second kappa shape index (κ2) is 6.99. The average Bonchev–Trinajstić information content (AvgIpc) is 2.60. The van der Waals surface area contributed by atoms with E-state index in [1.165, 1.54) is 0 Å². The molecule has 5 heteroatoms. The number of carbonyl (C=O) groups excluding carboxylic acids is 2. The van der Waals surface area contributed by atoms with Crippen LogP contribution in [0, 0.1) is 5.92 Å². The maximum atomic E-state index is 12.6. The van der Waals surface area contributed by atoms with Gasteiger partial charge in [0.1, 0.15) is 11.4 Å². The molecule has 1 saturated carbocycles. The molecule has 0 bridgehead atoms. The van der Waals surface area contributed by atoms with Gasteiger partial charge in [-0.25, -0.2) is 4.79 Å². The van der Waals surface area contributed by atoms with Crippen LogP contribution < -0.4 is 0 Å². The molecule has 1 amide bonds. The molecule has 1 saturated heterocycles. The molecule has 0 aromatic heterocycles. The van der Waals surface area contributed by atoms with Gasteiger partial charge >= 0.3 is 6.09 Å². The maximum absolute atomic E-state index is 12.6. The number of morpholine rings is 1. The first-order valence-corrected chi connectivity index (χ1v) is 8.41. The van der Waals surface area contributed by atoms with E-state index in [4.69, 9.17) is 9.47 Å². The van der Waals surface area contributed by atoms with Crippen molar-refractivity contribution < 1.29 is 19.1 Å². The van der Waals surface area contributed by atoms with Crippen molar-refractivity contribution in [2.75, 3.05) is 13.2 Å². The summed E-state index contributed by atoms with van der Waals surface area (Å²) in [4.78, 5) is 26.8. The van der Waals surface area contributed by atoms with Crippen LogP contribution in [-0.2, 0) is 14.3 Å². The Hall–Kier alpha value is -1.10. The second-order valence-electron chi connectivity index (χ2n) is 7.51. The monoisotopic (exact) mass is 311 g/mol. The summed E-state index contributed by atoms with van der Waals surface area (Å²) in [5.74, 6) is 0.159. The van der Waals surface area contributed by atoms with E-state index in [9.17, 15) is 9.59 Å². The number of amides is 1. The Bertz CT molecular complexity index is 415. The van der Waals surface area contributed by atoms with Gasteiger partial charge in [-0.05, 0) is 40.5 Å². The smallest absolute Gasteiger partial charge is 0.410 e. The van der Waals surface area contributed by atoms with Gasteiger partial charge in [-0.15, -0.1) is 0 Å². The molecular formula is C17H29NO4. The summed E-state index contributed by atoms with van der Waals surface area (Å²) in [6.07, 6.45) is 4.24. The van der Waals surface area contributed by atoms with Gasteiger partial charge in [0.15, 0.2) is 0 Å². The highest BCUT2D eigenvalue weighted by Crippen LogP contribution is 2.30. The number of Topliss-reactive ketones (excluding diaryl/α,β-unsaturated/α-hetero) is 1. The minimum absolute atomic E-state index is 0.0651. The fourth-order valence-electron chi connectivity index (χ4n) is 3.38. The lowest BCUT2D eigenvalue weighted by Gasteiger charge is -2.43. The highest BCUT2D eigenvalue weighted by molar-refractivity contribution is 5.82. The first-order chi connectivity index (χ1) is 10.3. The summed E-state index contributed by atoms with van der Waals surface area (Å²) in [5, 5.41) is 0. The first kappa shape index (κ1) is 17.3. The first-order valence-electron chi connectivity index (χ1n) is 8.41. The number of rotatable bonds is 1. The molecule has 0 aromatic carbocycles. The fraction of sp³-hybridized carbons (Fsp3) is 0.882. The summed E-state index contributed by atoms with van der Waals surface area (Å²) < 4.78 is 11.2. The molecule has 2 rings (SSSR count). The van der Waals surface area contributed by atoms with E-state index in [0.29, 0.717) is 19.6 Å². The van der Waals surface area contributed by atoms with E-state index >= 15 is 0 Å². The van der Waals surface area contributed by atoms with Crippen LogP contribution in [0.5, 0.6) is 0 Å². The normalized spacial score (nSPS) is 30.8. The van der Waals surface area contributed by atoms with Gasteiger partial charge in [-0.1, -0.05) is 12.8 Å². The van der Waals surface area contributed by atoms with Crippen LogP contribution in [0.25, 0.3) is 0 Å². The van der Waals surface area contributed by atoms with Crippen LogP contribution >= 0.6 is 0 Å². The number of ether oxygens (including phenoxy) is 2. The lowest BCUT2D eigenvalue weighted by atomic mass is 9.88. The molecule has 0 radical (unpaired) electrons. The van der Waals surface area contributed by atoms with Crippen LogP contribution in [0.4, 0.5) is 4.79 Å². The van der Waals surface area contributed by atoms with E-state index in [1.54, 1.807) is 4.90 Å². The summed E-state index contributed by atoms with van der Waals surface area (Å²) >= 11 is 0. The van der Waals surface area contributed by atoms with Gasteiger partial charge in [-0.3, -0.25) is 9.69 Å². The van der Waals surface area contributed by atoms with Crippen LogP contribution in [0.3, 0.4) is 0 Å². The molecule has 2 aliphatic rings. The molecule has 22 heavy (non-hydrogen) atoms. The van der Waals surface area contributed by atoms with Gasteiger partial charge in [-0.2, -0.15) is 0 Å². The van der Waals surface area contributed by atoms with Crippen molar-refractivity contribution in [3.63, 3.8) is 0 Å². The topological polar surface area (TPSA) is 55.8 Å². The highest BCUT2D eigenvalue weighted by atomic mass is 16.6. The third-order valence-corrected chi connectivity index (χ3v) is 4.40. The number of hydrogen-bond donors (Lipinski definition) is 0. The van der Waals surface area contributed by atoms with Gasteiger partial charge in [0.2, 0.25) is 0 Å². The Morgan fingerprint density at radius 2 is 1.95 bits per heavy atom. The van der Waals surface area contributed by atoms with Crippen molar-refractivity contribution >= 4 is 11.9 Å². The third kappa shape index (κ3) is 4.22. The second-order valence-corrected chi connectivity index (χ2v) is 7.51. The van der Waals surface area contributed by atoms with E-state index in [-0.39, 0.29) is 29.9 Å². The van der Waals surface area contributed by atoms with Crippen molar-refractivity contribution in [1.29, 1.82) is 0 Å². The number of nitrogens with zero attached hydrogens (tertiary/aromatic N) is 1.